The van der Waals surface area contributed by atoms with Gasteiger partial charge in [0.15, 0.2) is 5.96 Å². The van der Waals surface area contributed by atoms with Crippen molar-refractivity contribution >= 4 is 17.7 Å². The van der Waals surface area contributed by atoms with E-state index in [9.17, 15) is 0 Å². The van der Waals surface area contributed by atoms with Crippen molar-refractivity contribution in [2.75, 3.05) is 45.7 Å². The second kappa shape index (κ2) is 12.0. The fraction of sp³-hybridized carbons (Fsp3) is 0.944. The number of nitrogens with zero attached hydrogens (tertiary/aromatic N) is 1. The van der Waals surface area contributed by atoms with Gasteiger partial charge in [0.2, 0.25) is 0 Å². The van der Waals surface area contributed by atoms with Gasteiger partial charge in [-0.2, -0.15) is 11.8 Å². The minimum absolute atomic E-state index is 0.229. The summed E-state index contributed by atoms with van der Waals surface area (Å²) in [5.74, 6) is 1.45. The van der Waals surface area contributed by atoms with E-state index < -0.39 is 0 Å². The molecule has 0 bridgehead atoms. The zero-order valence-electron chi connectivity index (χ0n) is 16.2. The van der Waals surface area contributed by atoms with Crippen molar-refractivity contribution in [2.24, 2.45) is 10.9 Å². The summed E-state index contributed by atoms with van der Waals surface area (Å²) in [5, 5.41) is 6.82. The van der Waals surface area contributed by atoms with Crippen molar-refractivity contribution < 1.29 is 9.47 Å². The maximum absolute atomic E-state index is 5.82. The van der Waals surface area contributed by atoms with Crippen LogP contribution in [0.3, 0.4) is 0 Å². The number of aliphatic imine (C=N–C) groups is 1. The Morgan fingerprint density at radius 1 is 1.25 bits per heavy atom. The van der Waals surface area contributed by atoms with E-state index in [4.69, 9.17) is 14.5 Å². The first-order valence-corrected chi connectivity index (χ1v) is 10.6. The molecule has 1 rings (SSSR count). The van der Waals surface area contributed by atoms with E-state index >= 15 is 0 Å². The zero-order valence-corrected chi connectivity index (χ0v) is 17.0. The highest BCUT2D eigenvalue weighted by atomic mass is 32.2. The van der Waals surface area contributed by atoms with Crippen molar-refractivity contribution in [2.45, 2.75) is 57.8 Å². The molecule has 5 nitrogen and oxygen atoms in total. The Bertz CT molecular complexity index is 358. The second-order valence-electron chi connectivity index (χ2n) is 6.65. The molecule has 0 aliphatic carbocycles. The van der Waals surface area contributed by atoms with Crippen molar-refractivity contribution in [1.29, 1.82) is 0 Å². The molecule has 142 valence electrons. The van der Waals surface area contributed by atoms with Gasteiger partial charge in [0.1, 0.15) is 0 Å². The van der Waals surface area contributed by atoms with Crippen LogP contribution in [0.25, 0.3) is 0 Å². The van der Waals surface area contributed by atoms with Crippen LogP contribution in [-0.2, 0) is 9.47 Å². The third-order valence-corrected chi connectivity index (χ3v) is 5.96. The number of guanidine groups is 1. The van der Waals surface area contributed by atoms with Gasteiger partial charge >= 0.3 is 0 Å². The van der Waals surface area contributed by atoms with Gasteiger partial charge in [-0.05, 0) is 45.3 Å². The minimum Gasteiger partial charge on any atom is -0.381 e. The van der Waals surface area contributed by atoms with Crippen molar-refractivity contribution in [3.63, 3.8) is 0 Å². The molecule has 1 aliphatic heterocycles. The number of hydrogen-bond donors (Lipinski definition) is 2. The Morgan fingerprint density at radius 3 is 2.50 bits per heavy atom. The average molecular weight is 360 g/mol. The Kier molecular flexibility index (Phi) is 10.8. The summed E-state index contributed by atoms with van der Waals surface area (Å²) >= 11 is 1.93. The minimum atomic E-state index is 0.229. The molecule has 0 aromatic heterocycles. The summed E-state index contributed by atoms with van der Waals surface area (Å²) in [6, 6.07) is 0. The lowest BCUT2D eigenvalue weighted by Gasteiger charge is -2.34. The first-order chi connectivity index (χ1) is 11.6. The molecule has 1 saturated heterocycles. The summed E-state index contributed by atoms with van der Waals surface area (Å²) in [6.45, 7) is 13.7. The smallest absolute Gasteiger partial charge is 0.191 e. The molecule has 0 spiro atoms. The predicted molar refractivity (Wildman–Crippen MR) is 105 cm³/mol. The van der Waals surface area contributed by atoms with E-state index in [0.717, 1.165) is 64.7 Å². The van der Waals surface area contributed by atoms with Crippen molar-refractivity contribution in [3.05, 3.63) is 0 Å². The van der Waals surface area contributed by atoms with Gasteiger partial charge in [-0.3, -0.25) is 4.99 Å². The predicted octanol–water partition coefficient (Wildman–Crippen LogP) is 2.90. The molecule has 0 aromatic rings. The maximum atomic E-state index is 5.82. The van der Waals surface area contributed by atoms with Crippen LogP contribution in [-0.4, -0.2) is 62.5 Å². The molecule has 1 unspecified atom stereocenters. The van der Waals surface area contributed by atoms with Crippen LogP contribution >= 0.6 is 11.8 Å². The van der Waals surface area contributed by atoms with Gasteiger partial charge in [0, 0.05) is 37.7 Å². The quantitative estimate of drug-likeness (QED) is 0.464. The van der Waals surface area contributed by atoms with Gasteiger partial charge in [-0.15, -0.1) is 0 Å². The first-order valence-electron chi connectivity index (χ1n) is 9.33. The van der Waals surface area contributed by atoms with Crippen LogP contribution in [0.1, 0.15) is 47.0 Å². The molecule has 1 aliphatic rings. The van der Waals surface area contributed by atoms with Crippen LogP contribution in [0, 0.1) is 5.92 Å². The maximum Gasteiger partial charge on any atom is 0.191 e. The van der Waals surface area contributed by atoms with Gasteiger partial charge in [0.25, 0.3) is 0 Å². The van der Waals surface area contributed by atoms with Crippen LogP contribution in [0.4, 0.5) is 0 Å². The third-order valence-electron chi connectivity index (χ3n) is 4.55. The topological polar surface area (TPSA) is 54.9 Å². The monoisotopic (exact) mass is 359 g/mol. The van der Waals surface area contributed by atoms with E-state index in [1.54, 1.807) is 0 Å². The van der Waals surface area contributed by atoms with Crippen LogP contribution < -0.4 is 10.6 Å². The van der Waals surface area contributed by atoms with E-state index in [0.29, 0.717) is 12.0 Å². The van der Waals surface area contributed by atoms with E-state index in [1.807, 2.05) is 11.8 Å². The Morgan fingerprint density at radius 2 is 1.96 bits per heavy atom. The molecular formula is C18H37N3O2S. The SMILES string of the molecule is CCNC(=NCC1(SC)CCOCC1)NCCC(OCC)C(C)C. The lowest BCUT2D eigenvalue weighted by Crippen LogP contribution is -2.42. The molecule has 0 saturated carbocycles. The first kappa shape index (κ1) is 21.6. The zero-order chi connectivity index (χ0) is 17.8. The third kappa shape index (κ3) is 7.62. The highest BCUT2D eigenvalue weighted by Gasteiger charge is 2.31. The molecular weight excluding hydrogens is 322 g/mol. The number of ether oxygens (including phenoxy) is 2. The van der Waals surface area contributed by atoms with Crippen molar-refractivity contribution in [3.8, 4) is 0 Å². The molecule has 1 heterocycles. The number of rotatable bonds is 10. The van der Waals surface area contributed by atoms with E-state index in [1.165, 1.54) is 0 Å². The molecule has 0 amide bonds. The van der Waals surface area contributed by atoms with Gasteiger partial charge in [-0.25, -0.2) is 0 Å². The molecule has 24 heavy (non-hydrogen) atoms. The van der Waals surface area contributed by atoms with E-state index in [2.05, 4.69) is 44.6 Å². The van der Waals surface area contributed by atoms with Gasteiger partial charge in [-0.1, -0.05) is 13.8 Å². The molecule has 1 atom stereocenters. The van der Waals surface area contributed by atoms with E-state index in [-0.39, 0.29) is 4.75 Å². The summed E-state index contributed by atoms with van der Waals surface area (Å²) in [4.78, 5) is 4.85. The molecule has 2 N–H and O–H groups in total. The van der Waals surface area contributed by atoms with Crippen molar-refractivity contribution in [1.82, 2.24) is 10.6 Å². The van der Waals surface area contributed by atoms with Gasteiger partial charge in [0.05, 0.1) is 12.6 Å². The molecule has 0 radical (unpaired) electrons. The lowest BCUT2D eigenvalue weighted by molar-refractivity contribution is 0.0258. The fourth-order valence-corrected chi connectivity index (χ4v) is 3.66. The summed E-state index contributed by atoms with van der Waals surface area (Å²) in [5.41, 5.74) is 0. The highest BCUT2D eigenvalue weighted by molar-refractivity contribution is 8.00. The van der Waals surface area contributed by atoms with Crippen LogP contribution in [0.5, 0.6) is 0 Å². The number of thioether (sulfide) groups is 1. The highest BCUT2D eigenvalue weighted by Crippen LogP contribution is 2.33. The average Bonchev–Trinajstić information content (AvgIpc) is 2.59. The second-order valence-corrected chi connectivity index (χ2v) is 7.92. The van der Waals surface area contributed by atoms with Crippen LogP contribution in [0.15, 0.2) is 4.99 Å². The van der Waals surface area contributed by atoms with Gasteiger partial charge < -0.3 is 20.1 Å². The molecule has 1 fully saturated rings. The number of hydrogen-bond acceptors (Lipinski definition) is 4. The Balaban J connectivity index is 2.52. The summed E-state index contributed by atoms with van der Waals surface area (Å²) in [7, 11) is 0. The number of nitrogens with one attached hydrogen (secondary N) is 2. The largest absolute Gasteiger partial charge is 0.381 e. The normalized spacial score (nSPS) is 19.3. The standard InChI is InChI=1S/C18H37N3O2S/c1-6-19-17(20-11-8-16(15(3)4)23-7-2)21-14-18(24-5)9-12-22-13-10-18/h15-16H,6-14H2,1-5H3,(H2,19,20,21). The Hall–Kier alpha value is -0.460. The molecule has 6 heteroatoms. The Labute approximate surface area is 152 Å². The fourth-order valence-electron chi connectivity index (χ4n) is 2.89. The lowest BCUT2D eigenvalue weighted by atomic mass is 9.99. The van der Waals surface area contributed by atoms with Crippen LogP contribution in [0.2, 0.25) is 0 Å². The summed E-state index contributed by atoms with van der Waals surface area (Å²) < 4.78 is 11.6. The molecule has 0 aromatic carbocycles. The summed E-state index contributed by atoms with van der Waals surface area (Å²) in [6.07, 6.45) is 5.65.